The fraction of sp³-hybridized carbons (Fsp3) is 1.00. The quantitative estimate of drug-likeness (QED) is 0.724. The number of rotatable bonds is 4. The second kappa shape index (κ2) is 5.50. The molecule has 2 nitrogen and oxygen atoms in total. The van der Waals surface area contributed by atoms with Crippen LogP contribution in [0.25, 0.3) is 0 Å². The van der Waals surface area contributed by atoms with E-state index < -0.39 is 0 Å². The highest BCUT2D eigenvalue weighted by Crippen LogP contribution is 2.37. The largest absolute Gasteiger partial charge is 0.394 e. The monoisotopic (exact) mass is 227 g/mol. The maximum absolute atomic E-state index is 9.69. The first-order valence-electron chi connectivity index (χ1n) is 6.75. The Morgan fingerprint density at radius 3 is 2.38 bits per heavy atom. The van der Waals surface area contributed by atoms with Gasteiger partial charge in [0.05, 0.1) is 6.61 Å². The van der Waals surface area contributed by atoms with Crippen molar-refractivity contribution in [2.24, 2.45) is 11.3 Å². The summed E-state index contributed by atoms with van der Waals surface area (Å²) in [6.45, 7) is 10.4. The minimum atomic E-state index is -0.00194. The Balaban J connectivity index is 2.58. The molecule has 1 aliphatic carbocycles. The van der Waals surface area contributed by atoms with Crippen molar-refractivity contribution >= 4 is 0 Å². The third kappa shape index (κ3) is 4.06. The predicted molar refractivity (Wildman–Crippen MR) is 69.5 cm³/mol. The molecule has 2 heteroatoms. The van der Waals surface area contributed by atoms with Crippen molar-refractivity contribution in [3.05, 3.63) is 0 Å². The topological polar surface area (TPSA) is 32.3 Å². The van der Waals surface area contributed by atoms with Crippen molar-refractivity contribution in [2.75, 3.05) is 13.2 Å². The molecular weight excluding hydrogens is 198 g/mol. The molecule has 1 aliphatic rings. The van der Waals surface area contributed by atoms with Crippen LogP contribution in [0.1, 0.15) is 59.8 Å². The first-order chi connectivity index (χ1) is 7.39. The highest BCUT2D eigenvalue weighted by molar-refractivity contribution is 4.92. The molecule has 0 saturated heterocycles. The molecule has 1 rings (SSSR count). The van der Waals surface area contributed by atoms with E-state index in [1.807, 2.05) is 0 Å². The zero-order valence-electron chi connectivity index (χ0n) is 11.5. The van der Waals surface area contributed by atoms with Crippen molar-refractivity contribution in [3.8, 4) is 0 Å². The minimum absolute atomic E-state index is 0.00194. The van der Waals surface area contributed by atoms with E-state index >= 15 is 0 Å². The Morgan fingerprint density at radius 2 is 1.81 bits per heavy atom. The van der Waals surface area contributed by atoms with Gasteiger partial charge in [-0.15, -0.1) is 0 Å². The lowest BCUT2D eigenvalue weighted by atomic mass is 9.83. The summed E-state index contributed by atoms with van der Waals surface area (Å²) < 4.78 is 0. The number of hydrogen-bond donors (Lipinski definition) is 2. The van der Waals surface area contributed by atoms with Crippen molar-refractivity contribution in [3.63, 3.8) is 0 Å². The highest BCUT2D eigenvalue weighted by atomic mass is 16.3. The second-order valence-corrected chi connectivity index (χ2v) is 6.73. The fourth-order valence-corrected chi connectivity index (χ4v) is 2.54. The van der Waals surface area contributed by atoms with Gasteiger partial charge in [0.2, 0.25) is 0 Å². The van der Waals surface area contributed by atoms with E-state index in [-0.39, 0.29) is 12.1 Å². The van der Waals surface area contributed by atoms with Crippen molar-refractivity contribution in [1.29, 1.82) is 0 Å². The molecule has 0 aliphatic heterocycles. The Bertz CT molecular complexity index is 213. The van der Waals surface area contributed by atoms with E-state index in [4.69, 9.17) is 0 Å². The molecule has 0 amide bonds. The van der Waals surface area contributed by atoms with Gasteiger partial charge in [0.25, 0.3) is 0 Å². The van der Waals surface area contributed by atoms with Gasteiger partial charge in [-0.25, -0.2) is 0 Å². The smallest absolute Gasteiger partial charge is 0.0613 e. The third-order valence-electron chi connectivity index (χ3n) is 3.98. The number of aliphatic hydroxyl groups is 1. The summed E-state index contributed by atoms with van der Waals surface area (Å²) in [6.07, 6.45) is 5.98. The second-order valence-electron chi connectivity index (χ2n) is 6.73. The first-order valence-corrected chi connectivity index (χ1v) is 6.75. The first kappa shape index (κ1) is 14.0. The number of nitrogens with one attached hydrogen (secondary N) is 1. The van der Waals surface area contributed by atoms with Crippen LogP contribution in [0.5, 0.6) is 0 Å². The molecule has 0 radical (unpaired) electrons. The summed E-state index contributed by atoms with van der Waals surface area (Å²) in [4.78, 5) is 0. The molecule has 0 aromatic heterocycles. The Labute approximate surface area is 101 Å². The Morgan fingerprint density at radius 1 is 1.12 bits per heavy atom. The van der Waals surface area contributed by atoms with Gasteiger partial charge in [0, 0.05) is 5.54 Å². The van der Waals surface area contributed by atoms with Gasteiger partial charge in [-0.05, 0) is 43.6 Å². The van der Waals surface area contributed by atoms with Crippen LogP contribution < -0.4 is 5.32 Å². The Hall–Kier alpha value is -0.0800. The lowest BCUT2D eigenvalue weighted by Crippen LogP contribution is -2.49. The maximum atomic E-state index is 9.69. The third-order valence-corrected chi connectivity index (χ3v) is 3.98. The van der Waals surface area contributed by atoms with E-state index in [0.717, 1.165) is 19.4 Å². The summed E-state index contributed by atoms with van der Waals surface area (Å²) in [5.41, 5.74) is 0.453. The molecule has 1 fully saturated rings. The molecular formula is C14H29NO. The molecule has 0 bridgehead atoms. The highest BCUT2D eigenvalue weighted by Gasteiger charge is 2.34. The summed E-state index contributed by atoms with van der Waals surface area (Å²) in [7, 11) is 0. The molecule has 1 saturated carbocycles. The SMILES string of the molecule is CC(C)CNC1(CO)CCCC(C)(C)CC1. The number of hydrogen-bond acceptors (Lipinski definition) is 2. The predicted octanol–water partition coefficient (Wildman–Crippen LogP) is 2.95. The van der Waals surface area contributed by atoms with E-state index in [1.165, 1.54) is 19.3 Å². The van der Waals surface area contributed by atoms with Crippen LogP contribution in [-0.4, -0.2) is 23.8 Å². The standard InChI is InChI=1S/C14H29NO/c1-12(2)10-15-14(11-16)7-5-6-13(3,4)8-9-14/h12,15-16H,5-11H2,1-4H3. The van der Waals surface area contributed by atoms with Crippen LogP contribution in [0, 0.1) is 11.3 Å². The summed E-state index contributed by atoms with van der Waals surface area (Å²) >= 11 is 0. The lowest BCUT2D eigenvalue weighted by Gasteiger charge is -2.33. The van der Waals surface area contributed by atoms with Gasteiger partial charge in [-0.3, -0.25) is 0 Å². The van der Waals surface area contributed by atoms with Crippen LogP contribution in [0.3, 0.4) is 0 Å². The average Bonchev–Trinajstić information content (AvgIpc) is 2.35. The molecule has 2 N–H and O–H groups in total. The van der Waals surface area contributed by atoms with Gasteiger partial charge in [0.1, 0.15) is 0 Å². The zero-order valence-corrected chi connectivity index (χ0v) is 11.5. The zero-order chi connectivity index (χ0) is 12.2. The van der Waals surface area contributed by atoms with Gasteiger partial charge < -0.3 is 10.4 Å². The molecule has 0 aromatic carbocycles. The summed E-state index contributed by atoms with van der Waals surface area (Å²) in [5, 5.41) is 13.3. The number of aliphatic hydroxyl groups excluding tert-OH is 1. The van der Waals surface area contributed by atoms with Crippen LogP contribution in [0.4, 0.5) is 0 Å². The van der Waals surface area contributed by atoms with Gasteiger partial charge >= 0.3 is 0 Å². The molecule has 0 heterocycles. The van der Waals surface area contributed by atoms with Crippen LogP contribution >= 0.6 is 0 Å². The molecule has 0 spiro atoms. The summed E-state index contributed by atoms with van der Waals surface area (Å²) in [6, 6.07) is 0. The maximum Gasteiger partial charge on any atom is 0.0613 e. The van der Waals surface area contributed by atoms with Gasteiger partial charge in [-0.1, -0.05) is 34.1 Å². The lowest BCUT2D eigenvalue weighted by molar-refractivity contribution is 0.136. The summed E-state index contributed by atoms with van der Waals surface area (Å²) in [5.74, 6) is 0.652. The van der Waals surface area contributed by atoms with Gasteiger partial charge in [-0.2, -0.15) is 0 Å². The van der Waals surface area contributed by atoms with Gasteiger partial charge in [0.15, 0.2) is 0 Å². The van der Waals surface area contributed by atoms with E-state index in [2.05, 4.69) is 33.0 Å². The average molecular weight is 227 g/mol. The fourth-order valence-electron chi connectivity index (χ4n) is 2.54. The molecule has 16 heavy (non-hydrogen) atoms. The van der Waals surface area contributed by atoms with Crippen molar-refractivity contribution in [2.45, 2.75) is 65.3 Å². The molecule has 0 aromatic rings. The van der Waals surface area contributed by atoms with Crippen LogP contribution in [0.15, 0.2) is 0 Å². The van der Waals surface area contributed by atoms with Crippen molar-refractivity contribution in [1.82, 2.24) is 5.32 Å². The minimum Gasteiger partial charge on any atom is -0.394 e. The van der Waals surface area contributed by atoms with Crippen LogP contribution in [-0.2, 0) is 0 Å². The van der Waals surface area contributed by atoms with E-state index in [0.29, 0.717) is 11.3 Å². The Kier molecular flexibility index (Phi) is 4.81. The normalized spacial score (nSPS) is 30.4. The van der Waals surface area contributed by atoms with E-state index in [9.17, 15) is 5.11 Å². The van der Waals surface area contributed by atoms with Crippen LogP contribution in [0.2, 0.25) is 0 Å². The van der Waals surface area contributed by atoms with Crippen molar-refractivity contribution < 1.29 is 5.11 Å². The van der Waals surface area contributed by atoms with E-state index in [1.54, 1.807) is 0 Å². The molecule has 1 atom stereocenters. The molecule has 1 unspecified atom stereocenters. The molecule has 96 valence electrons.